The first-order valence-electron chi connectivity index (χ1n) is 8.99. The fourth-order valence-electron chi connectivity index (χ4n) is 3.49. The Kier molecular flexibility index (Phi) is 4.86. The highest BCUT2D eigenvalue weighted by atomic mass is 19.4. The van der Waals surface area contributed by atoms with E-state index in [-0.39, 0.29) is 12.1 Å². The number of amides is 1. The van der Waals surface area contributed by atoms with Crippen LogP contribution in [0.4, 0.5) is 18.0 Å². The van der Waals surface area contributed by atoms with Crippen LogP contribution in [0.5, 0.6) is 0 Å². The number of benzene rings is 1. The number of hydrogen-bond acceptors (Lipinski definition) is 3. The Hall–Kier alpha value is -2.25. The van der Waals surface area contributed by atoms with Gasteiger partial charge in [0.15, 0.2) is 0 Å². The average Bonchev–Trinajstić information content (AvgIpc) is 2.87. The Labute approximate surface area is 156 Å². The number of likely N-dealkylation sites (tertiary alicyclic amines) is 1. The molecular formula is C19H24F3N3O2. The summed E-state index contributed by atoms with van der Waals surface area (Å²) in [6, 6.07) is 3.76. The Morgan fingerprint density at radius 1 is 1.19 bits per heavy atom. The monoisotopic (exact) mass is 383 g/mol. The van der Waals surface area contributed by atoms with Crippen LogP contribution in [0.2, 0.25) is 0 Å². The summed E-state index contributed by atoms with van der Waals surface area (Å²) in [7, 11) is 0. The molecule has 2 heterocycles. The van der Waals surface area contributed by atoms with E-state index >= 15 is 0 Å². The van der Waals surface area contributed by atoms with Crippen molar-refractivity contribution in [2.24, 2.45) is 0 Å². The third-order valence-corrected chi connectivity index (χ3v) is 4.67. The van der Waals surface area contributed by atoms with Crippen molar-refractivity contribution in [1.29, 1.82) is 0 Å². The summed E-state index contributed by atoms with van der Waals surface area (Å²) >= 11 is 0. The molecule has 0 N–H and O–H groups in total. The number of aryl methyl sites for hydroxylation is 1. The van der Waals surface area contributed by atoms with Crippen molar-refractivity contribution < 1.29 is 22.7 Å². The lowest BCUT2D eigenvalue weighted by Crippen LogP contribution is -2.42. The summed E-state index contributed by atoms with van der Waals surface area (Å²) in [6.45, 7) is 8.36. The van der Waals surface area contributed by atoms with E-state index in [1.165, 1.54) is 6.07 Å². The van der Waals surface area contributed by atoms with Gasteiger partial charge in [-0.1, -0.05) is 0 Å². The number of carbonyl (C=O) groups excluding carboxylic acids is 1. The molecule has 1 aliphatic heterocycles. The highest BCUT2D eigenvalue weighted by Gasteiger charge is 2.32. The predicted molar refractivity (Wildman–Crippen MR) is 95.6 cm³/mol. The first-order valence-corrected chi connectivity index (χ1v) is 8.99. The van der Waals surface area contributed by atoms with Crippen molar-refractivity contribution in [3.63, 3.8) is 0 Å². The number of imidazole rings is 1. The van der Waals surface area contributed by atoms with E-state index < -0.39 is 17.3 Å². The number of rotatable bonds is 1. The quantitative estimate of drug-likeness (QED) is 0.701. The number of piperidine rings is 1. The largest absolute Gasteiger partial charge is 0.444 e. The van der Waals surface area contributed by atoms with Crippen LogP contribution >= 0.6 is 0 Å². The van der Waals surface area contributed by atoms with Gasteiger partial charge in [-0.2, -0.15) is 13.2 Å². The lowest BCUT2D eigenvalue weighted by atomic mass is 10.0. The van der Waals surface area contributed by atoms with Gasteiger partial charge in [0.2, 0.25) is 0 Å². The van der Waals surface area contributed by atoms with Crippen molar-refractivity contribution in [3.05, 3.63) is 29.6 Å². The fraction of sp³-hybridized carbons (Fsp3) is 0.579. The minimum atomic E-state index is -4.38. The molecule has 1 amide bonds. The second kappa shape index (κ2) is 6.73. The minimum absolute atomic E-state index is 0.0884. The Morgan fingerprint density at radius 2 is 1.81 bits per heavy atom. The molecule has 1 fully saturated rings. The SMILES string of the molecule is Cc1nc2cc(C(F)(F)F)ccc2n1C1CCN(C(=O)OC(C)(C)C)CC1. The smallest absolute Gasteiger partial charge is 0.416 e. The van der Waals surface area contributed by atoms with Crippen molar-refractivity contribution in [2.45, 2.75) is 58.4 Å². The highest BCUT2D eigenvalue weighted by Crippen LogP contribution is 2.34. The van der Waals surface area contributed by atoms with Gasteiger partial charge >= 0.3 is 12.3 Å². The van der Waals surface area contributed by atoms with Gasteiger partial charge in [0, 0.05) is 19.1 Å². The first-order chi connectivity index (χ1) is 12.5. The number of alkyl halides is 3. The number of carbonyl (C=O) groups is 1. The number of nitrogens with zero attached hydrogens (tertiary/aromatic N) is 3. The average molecular weight is 383 g/mol. The van der Waals surface area contributed by atoms with Gasteiger partial charge in [0.25, 0.3) is 0 Å². The normalized spacial score (nSPS) is 16.8. The zero-order chi connectivity index (χ0) is 20.0. The third-order valence-electron chi connectivity index (χ3n) is 4.67. The van der Waals surface area contributed by atoms with Crippen molar-refractivity contribution in [2.75, 3.05) is 13.1 Å². The zero-order valence-corrected chi connectivity index (χ0v) is 15.9. The van der Waals surface area contributed by atoms with Crippen LogP contribution < -0.4 is 0 Å². The molecular weight excluding hydrogens is 359 g/mol. The van der Waals surface area contributed by atoms with Crippen LogP contribution in [0.3, 0.4) is 0 Å². The van der Waals surface area contributed by atoms with E-state index in [1.54, 1.807) is 11.8 Å². The maximum absolute atomic E-state index is 12.9. The van der Waals surface area contributed by atoms with Crippen LogP contribution in [-0.2, 0) is 10.9 Å². The molecule has 1 aromatic carbocycles. The molecule has 0 bridgehead atoms. The van der Waals surface area contributed by atoms with Gasteiger partial charge in [-0.05, 0) is 58.7 Å². The Bertz CT molecular complexity index is 844. The van der Waals surface area contributed by atoms with Gasteiger partial charge < -0.3 is 14.2 Å². The summed E-state index contributed by atoms with van der Waals surface area (Å²) in [5.74, 6) is 0.681. The molecule has 2 aromatic rings. The maximum Gasteiger partial charge on any atom is 0.416 e. The molecule has 0 saturated carbocycles. The van der Waals surface area contributed by atoms with Gasteiger partial charge in [-0.3, -0.25) is 0 Å². The standard InChI is InChI=1S/C19H24F3N3O2/c1-12-23-15-11-13(19(20,21)22)5-6-16(15)25(12)14-7-9-24(10-8-14)17(26)27-18(2,3)4/h5-6,11,14H,7-10H2,1-4H3. The molecule has 3 rings (SSSR count). The van der Waals surface area contributed by atoms with Gasteiger partial charge in [0.1, 0.15) is 11.4 Å². The fourth-order valence-corrected chi connectivity index (χ4v) is 3.49. The molecule has 8 heteroatoms. The first kappa shape index (κ1) is 19.5. The second-order valence-corrected chi connectivity index (χ2v) is 7.93. The molecule has 1 aromatic heterocycles. The summed E-state index contributed by atoms with van der Waals surface area (Å²) in [6.07, 6.45) is -3.31. The minimum Gasteiger partial charge on any atom is -0.444 e. The lowest BCUT2D eigenvalue weighted by Gasteiger charge is -2.34. The van der Waals surface area contributed by atoms with E-state index in [0.717, 1.165) is 12.1 Å². The van der Waals surface area contributed by atoms with Gasteiger partial charge in [-0.15, -0.1) is 0 Å². The maximum atomic E-state index is 12.9. The lowest BCUT2D eigenvalue weighted by molar-refractivity contribution is -0.137. The molecule has 1 aliphatic rings. The van der Waals surface area contributed by atoms with Crippen LogP contribution in [0.25, 0.3) is 11.0 Å². The molecule has 27 heavy (non-hydrogen) atoms. The topological polar surface area (TPSA) is 47.4 Å². The number of hydrogen-bond donors (Lipinski definition) is 0. The summed E-state index contributed by atoms with van der Waals surface area (Å²) in [5, 5.41) is 0. The molecule has 5 nitrogen and oxygen atoms in total. The van der Waals surface area contributed by atoms with Crippen LogP contribution in [0.15, 0.2) is 18.2 Å². The molecule has 0 spiro atoms. The Balaban J connectivity index is 1.77. The van der Waals surface area contributed by atoms with Crippen LogP contribution in [0, 0.1) is 6.92 Å². The highest BCUT2D eigenvalue weighted by molar-refractivity contribution is 5.77. The Morgan fingerprint density at radius 3 is 2.37 bits per heavy atom. The van der Waals surface area contributed by atoms with E-state index in [9.17, 15) is 18.0 Å². The molecule has 0 aliphatic carbocycles. The third kappa shape index (κ3) is 4.20. The van der Waals surface area contributed by atoms with Crippen molar-refractivity contribution in [3.8, 4) is 0 Å². The summed E-state index contributed by atoms with van der Waals surface area (Å²) in [5.41, 5.74) is -0.200. The van der Waals surface area contributed by atoms with E-state index in [0.29, 0.717) is 42.8 Å². The van der Waals surface area contributed by atoms with E-state index in [1.807, 2.05) is 25.3 Å². The van der Waals surface area contributed by atoms with Gasteiger partial charge in [0.05, 0.1) is 16.6 Å². The molecule has 0 atom stereocenters. The van der Waals surface area contributed by atoms with Crippen molar-refractivity contribution >= 4 is 17.1 Å². The molecule has 148 valence electrons. The zero-order valence-electron chi connectivity index (χ0n) is 15.9. The second-order valence-electron chi connectivity index (χ2n) is 7.93. The molecule has 0 radical (unpaired) electrons. The predicted octanol–water partition coefficient (Wildman–Crippen LogP) is 4.94. The molecule has 0 unspecified atom stereocenters. The number of ether oxygens (including phenoxy) is 1. The number of halogens is 3. The summed E-state index contributed by atoms with van der Waals surface area (Å²) in [4.78, 5) is 18.2. The van der Waals surface area contributed by atoms with Crippen molar-refractivity contribution in [1.82, 2.24) is 14.5 Å². The van der Waals surface area contributed by atoms with E-state index in [4.69, 9.17) is 4.74 Å². The van der Waals surface area contributed by atoms with Gasteiger partial charge in [-0.25, -0.2) is 9.78 Å². The van der Waals surface area contributed by atoms with E-state index in [2.05, 4.69) is 4.98 Å². The summed E-state index contributed by atoms with van der Waals surface area (Å²) < 4.78 is 46.2. The van der Waals surface area contributed by atoms with Crippen LogP contribution in [-0.4, -0.2) is 39.2 Å². The van der Waals surface area contributed by atoms with Crippen LogP contribution in [0.1, 0.15) is 51.0 Å². The number of aromatic nitrogens is 2. The number of fused-ring (bicyclic) bond motifs is 1. The molecule has 1 saturated heterocycles.